The third-order valence-electron chi connectivity index (χ3n) is 6.01. The summed E-state index contributed by atoms with van der Waals surface area (Å²) in [7, 11) is 0. The monoisotopic (exact) mass is 525 g/mol. The summed E-state index contributed by atoms with van der Waals surface area (Å²) in [4.78, 5) is 27.1. The molecule has 1 aromatic carbocycles. The van der Waals surface area contributed by atoms with Gasteiger partial charge in [0.15, 0.2) is 0 Å². The van der Waals surface area contributed by atoms with Crippen molar-refractivity contribution in [2.24, 2.45) is 5.92 Å². The minimum Gasteiger partial charge on any atom is -0.352 e. The maximum atomic E-state index is 14.6. The number of alkyl halides is 5. The molecule has 0 saturated carbocycles. The van der Waals surface area contributed by atoms with E-state index in [0.717, 1.165) is 16.0 Å². The number of aryl methyl sites for hydroxylation is 2. The van der Waals surface area contributed by atoms with Gasteiger partial charge in [-0.05, 0) is 25.3 Å². The van der Waals surface area contributed by atoms with Crippen molar-refractivity contribution in [3.63, 3.8) is 0 Å². The van der Waals surface area contributed by atoms with Crippen molar-refractivity contribution < 1.29 is 26.7 Å². The molecule has 3 aromatic rings. The zero-order valence-electron chi connectivity index (χ0n) is 19.7. The van der Waals surface area contributed by atoms with Crippen LogP contribution in [0.2, 0.25) is 0 Å². The molecule has 2 aromatic heterocycles. The number of carbonyl (C=O) groups is 1. The number of hydrogen-bond donors (Lipinski definition) is 1. The Hall–Kier alpha value is -3.15. The topological polar surface area (TPSA) is 71.0 Å². The van der Waals surface area contributed by atoms with Crippen LogP contribution in [0.15, 0.2) is 36.7 Å². The van der Waals surface area contributed by atoms with E-state index < -0.39 is 48.5 Å². The Bertz CT molecular complexity index is 1240. The number of nitrogens with one attached hydrogen (secondary N) is 1. The Labute approximate surface area is 208 Å². The van der Waals surface area contributed by atoms with Gasteiger partial charge in [0.1, 0.15) is 5.69 Å². The first kappa shape index (κ1) is 25.9. The maximum absolute atomic E-state index is 14.6. The van der Waals surface area contributed by atoms with E-state index in [2.05, 4.69) is 20.3 Å². The van der Waals surface area contributed by atoms with Gasteiger partial charge in [-0.25, -0.2) is 23.7 Å². The first-order chi connectivity index (χ1) is 16.8. The summed E-state index contributed by atoms with van der Waals surface area (Å²) in [5.41, 5.74) is 0.851. The van der Waals surface area contributed by atoms with Crippen LogP contribution < -0.4 is 5.32 Å². The van der Waals surface area contributed by atoms with Gasteiger partial charge in [-0.2, -0.15) is 13.2 Å². The number of likely N-dealkylation sites (tertiary alicyclic amines) is 1. The molecule has 0 spiro atoms. The molecule has 0 bridgehead atoms. The first-order valence-corrected chi connectivity index (χ1v) is 12.0. The number of halogens is 5. The van der Waals surface area contributed by atoms with Crippen LogP contribution in [-0.2, 0) is 6.18 Å². The summed E-state index contributed by atoms with van der Waals surface area (Å²) < 4.78 is 67.5. The molecule has 1 unspecified atom stereocenters. The molecule has 1 N–H and O–H groups in total. The van der Waals surface area contributed by atoms with Gasteiger partial charge in [0, 0.05) is 25.4 Å². The molecule has 1 aliphatic heterocycles. The molecule has 0 aliphatic carbocycles. The number of piperidine rings is 1. The van der Waals surface area contributed by atoms with E-state index in [4.69, 9.17) is 0 Å². The van der Waals surface area contributed by atoms with Crippen LogP contribution >= 0.6 is 11.3 Å². The number of thiazole rings is 1. The smallest absolute Gasteiger partial charge is 0.352 e. The number of anilines is 1. The van der Waals surface area contributed by atoms with Crippen molar-refractivity contribution in [3.05, 3.63) is 58.5 Å². The molecule has 1 saturated heterocycles. The Morgan fingerprint density at radius 2 is 1.92 bits per heavy atom. The van der Waals surface area contributed by atoms with Gasteiger partial charge in [0.25, 0.3) is 11.8 Å². The van der Waals surface area contributed by atoms with Gasteiger partial charge in [0.2, 0.25) is 5.95 Å². The Kier molecular flexibility index (Phi) is 7.00. The molecule has 1 amide bonds. The third kappa shape index (κ3) is 5.63. The molecule has 192 valence electrons. The van der Waals surface area contributed by atoms with Gasteiger partial charge in [-0.3, -0.25) is 4.79 Å². The van der Waals surface area contributed by atoms with E-state index in [1.54, 1.807) is 13.8 Å². The van der Waals surface area contributed by atoms with E-state index in [0.29, 0.717) is 22.3 Å². The molecule has 3 heterocycles. The molecule has 2 atom stereocenters. The number of benzene rings is 1. The Morgan fingerprint density at radius 1 is 1.22 bits per heavy atom. The van der Waals surface area contributed by atoms with Gasteiger partial charge >= 0.3 is 6.18 Å². The molecule has 6 nitrogen and oxygen atoms in total. The van der Waals surface area contributed by atoms with E-state index in [-0.39, 0.29) is 18.2 Å². The van der Waals surface area contributed by atoms with Crippen LogP contribution in [0.1, 0.15) is 40.0 Å². The molecular weight excluding hydrogens is 501 g/mol. The number of hydrogen-bond acceptors (Lipinski definition) is 6. The van der Waals surface area contributed by atoms with E-state index in [1.165, 1.54) is 11.3 Å². The van der Waals surface area contributed by atoms with E-state index >= 15 is 0 Å². The predicted octanol–water partition coefficient (Wildman–Crippen LogP) is 5.83. The molecule has 4 rings (SSSR count). The number of rotatable bonds is 5. The summed E-state index contributed by atoms with van der Waals surface area (Å²) in [6.07, 6.45) is -3.73. The lowest BCUT2D eigenvalue weighted by Gasteiger charge is -2.43. The van der Waals surface area contributed by atoms with Crippen LogP contribution in [0.25, 0.3) is 10.4 Å². The minimum atomic E-state index is -4.58. The van der Waals surface area contributed by atoms with Crippen LogP contribution in [0.3, 0.4) is 0 Å². The highest BCUT2D eigenvalue weighted by molar-refractivity contribution is 7.15. The fourth-order valence-corrected chi connectivity index (χ4v) is 5.24. The highest BCUT2D eigenvalue weighted by Gasteiger charge is 2.47. The quantitative estimate of drug-likeness (QED) is 0.424. The van der Waals surface area contributed by atoms with Crippen molar-refractivity contribution in [1.29, 1.82) is 0 Å². The van der Waals surface area contributed by atoms with E-state index in [1.807, 2.05) is 31.2 Å². The Morgan fingerprint density at radius 3 is 2.56 bits per heavy atom. The van der Waals surface area contributed by atoms with E-state index in [9.17, 15) is 26.7 Å². The van der Waals surface area contributed by atoms with Crippen molar-refractivity contribution in [3.8, 4) is 10.4 Å². The molecule has 0 radical (unpaired) electrons. The average molecular weight is 526 g/mol. The maximum Gasteiger partial charge on any atom is 0.419 e. The summed E-state index contributed by atoms with van der Waals surface area (Å²) in [5.74, 6) is -4.42. The predicted molar refractivity (Wildman–Crippen MR) is 126 cm³/mol. The van der Waals surface area contributed by atoms with Crippen molar-refractivity contribution >= 4 is 23.2 Å². The summed E-state index contributed by atoms with van der Waals surface area (Å²) in [6, 6.07) is 6.82. The summed E-state index contributed by atoms with van der Waals surface area (Å²) in [6.45, 7) is 4.46. The second kappa shape index (κ2) is 9.72. The van der Waals surface area contributed by atoms with Crippen LogP contribution in [0.5, 0.6) is 0 Å². The fourth-order valence-electron chi connectivity index (χ4n) is 4.33. The first-order valence-electron chi connectivity index (χ1n) is 11.2. The van der Waals surface area contributed by atoms with Crippen molar-refractivity contribution in [2.75, 3.05) is 18.4 Å². The fraction of sp³-hybridized carbons (Fsp3) is 0.417. The largest absolute Gasteiger partial charge is 0.419 e. The van der Waals surface area contributed by atoms with Gasteiger partial charge in [0.05, 0.1) is 28.0 Å². The summed E-state index contributed by atoms with van der Waals surface area (Å²) in [5, 5.41) is 3.42. The number of aromatic nitrogens is 3. The lowest BCUT2D eigenvalue weighted by atomic mass is 9.88. The Balaban J connectivity index is 1.61. The molecular formula is C24H24F5N5OS. The van der Waals surface area contributed by atoms with Crippen LogP contribution in [-0.4, -0.2) is 50.8 Å². The number of amides is 1. The zero-order chi connectivity index (χ0) is 26.3. The van der Waals surface area contributed by atoms with Crippen molar-refractivity contribution in [2.45, 2.75) is 45.3 Å². The normalized spacial score (nSPS) is 19.8. The van der Waals surface area contributed by atoms with Crippen LogP contribution in [0, 0.1) is 19.8 Å². The van der Waals surface area contributed by atoms with Gasteiger partial charge in [-0.1, -0.05) is 36.8 Å². The van der Waals surface area contributed by atoms with Crippen molar-refractivity contribution in [1.82, 2.24) is 19.9 Å². The third-order valence-corrected chi connectivity index (χ3v) is 7.03. The standard InChI is InChI=1S/C24H24F5N5OS/c1-13-5-4-6-16(7-13)20-19(33-15(3)36-20)21(35)34-12-23(25,26)8-14(2)18(34)11-32-22-30-9-17(10-31-22)24(27,28)29/h4-7,9-10,14,18H,8,11-12H2,1-3H3,(H,30,31,32)/t14?,18-/m1/s1. The second-order valence-corrected chi connectivity index (χ2v) is 10.2. The lowest BCUT2D eigenvalue weighted by Crippen LogP contribution is -2.57. The second-order valence-electron chi connectivity index (χ2n) is 8.99. The summed E-state index contributed by atoms with van der Waals surface area (Å²) >= 11 is 1.31. The molecule has 1 fully saturated rings. The number of carbonyl (C=O) groups excluding carboxylic acids is 1. The lowest BCUT2D eigenvalue weighted by molar-refractivity contribution is -0.138. The SMILES string of the molecule is Cc1cccc(-c2sc(C)nc2C(=O)N2CC(F)(F)CC(C)[C@H]2CNc2ncc(C(F)(F)F)cn2)c1. The zero-order valence-corrected chi connectivity index (χ0v) is 20.6. The highest BCUT2D eigenvalue weighted by atomic mass is 32.1. The number of nitrogens with zero attached hydrogens (tertiary/aromatic N) is 4. The average Bonchev–Trinajstić information content (AvgIpc) is 3.18. The molecule has 36 heavy (non-hydrogen) atoms. The molecule has 1 aliphatic rings. The molecule has 12 heteroatoms. The van der Waals surface area contributed by atoms with Gasteiger partial charge < -0.3 is 10.2 Å². The van der Waals surface area contributed by atoms with Gasteiger partial charge in [-0.15, -0.1) is 11.3 Å². The van der Waals surface area contributed by atoms with Crippen LogP contribution in [0.4, 0.5) is 27.9 Å². The minimum absolute atomic E-state index is 0.0166. The highest BCUT2D eigenvalue weighted by Crippen LogP contribution is 2.38.